The largest absolute Gasteiger partial charge is 0.460 e. The number of rotatable bonds is 2. The van der Waals surface area contributed by atoms with Crippen LogP contribution in [-0.2, 0) is 9.53 Å². The summed E-state index contributed by atoms with van der Waals surface area (Å²) in [6.07, 6.45) is -0.492. The number of esters is 1. The number of para-hydroxylation sites is 2. The van der Waals surface area contributed by atoms with Gasteiger partial charge in [0.25, 0.3) is 6.29 Å². The van der Waals surface area contributed by atoms with E-state index in [2.05, 4.69) is 0 Å². The van der Waals surface area contributed by atoms with Crippen molar-refractivity contribution >= 4 is 5.97 Å². The second-order valence-electron chi connectivity index (χ2n) is 4.90. The minimum Gasteiger partial charge on any atom is -0.460 e. The number of ether oxygens (including phenoxy) is 3. The Morgan fingerprint density at radius 2 is 1.76 bits per heavy atom. The highest BCUT2D eigenvalue weighted by molar-refractivity contribution is 5.70. The molecule has 4 heteroatoms. The lowest BCUT2D eigenvalue weighted by atomic mass is 10.2. The molecular formula is C13H16O4. The first-order chi connectivity index (χ1) is 7.94. The molecule has 0 fully saturated rings. The Balaban J connectivity index is 1.90. The molecule has 17 heavy (non-hydrogen) atoms. The van der Waals surface area contributed by atoms with Gasteiger partial charge in [-0.15, -0.1) is 0 Å². The van der Waals surface area contributed by atoms with Crippen molar-refractivity contribution in [1.82, 2.24) is 0 Å². The molecule has 0 radical (unpaired) electrons. The third kappa shape index (κ3) is 3.12. The Hall–Kier alpha value is -1.71. The van der Waals surface area contributed by atoms with Gasteiger partial charge in [0, 0.05) is 0 Å². The summed E-state index contributed by atoms with van der Waals surface area (Å²) in [6, 6.07) is 7.34. The van der Waals surface area contributed by atoms with Crippen molar-refractivity contribution in [3.63, 3.8) is 0 Å². The normalized spacial score (nSPS) is 14.8. The molecule has 1 aromatic rings. The maximum Gasteiger partial charge on any atom is 0.313 e. The smallest absolute Gasteiger partial charge is 0.313 e. The van der Waals surface area contributed by atoms with Crippen LogP contribution < -0.4 is 9.47 Å². The fourth-order valence-corrected chi connectivity index (χ4v) is 1.55. The zero-order valence-corrected chi connectivity index (χ0v) is 10.2. The van der Waals surface area contributed by atoms with Gasteiger partial charge in [0.2, 0.25) is 0 Å². The molecule has 92 valence electrons. The van der Waals surface area contributed by atoms with Crippen molar-refractivity contribution in [2.24, 2.45) is 0 Å². The van der Waals surface area contributed by atoms with Crippen molar-refractivity contribution < 1.29 is 19.0 Å². The molecule has 0 bridgehead atoms. The van der Waals surface area contributed by atoms with Crippen molar-refractivity contribution in [2.45, 2.75) is 39.1 Å². The first kappa shape index (κ1) is 11.8. The molecule has 0 saturated carbocycles. The van der Waals surface area contributed by atoms with Gasteiger partial charge in [0.15, 0.2) is 11.5 Å². The van der Waals surface area contributed by atoms with Gasteiger partial charge >= 0.3 is 5.97 Å². The molecule has 4 nitrogen and oxygen atoms in total. The van der Waals surface area contributed by atoms with Crippen LogP contribution in [0.2, 0.25) is 0 Å². The molecule has 2 rings (SSSR count). The van der Waals surface area contributed by atoms with E-state index in [1.807, 2.05) is 45.0 Å². The predicted molar refractivity (Wildman–Crippen MR) is 61.9 cm³/mol. The van der Waals surface area contributed by atoms with Gasteiger partial charge in [-0.1, -0.05) is 12.1 Å². The Morgan fingerprint density at radius 1 is 1.24 bits per heavy atom. The summed E-state index contributed by atoms with van der Waals surface area (Å²) in [4.78, 5) is 11.6. The molecule has 0 unspecified atom stereocenters. The van der Waals surface area contributed by atoms with Crippen LogP contribution in [0.5, 0.6) is 11.5 Å². The third-order valence-electron chi connectivity index (χ3n) is 2.12. The van der Waals surface area contributed by atoms with E-state index in [0.717, 1.165) is 0 Å². The molecule has 0 spiro atoms. The first-order valence-electron chi connectivity index (χ1n) is 5.58. The van der Waals surface area contributed by atoms with E-state index >= 15 is 0 Å². The van der Waals surface area contributed by atoms with E-state index < -0.39 is 11.9 Å². The molecule has 0 aliphatic carbocycles. The Morgan fingerprint density at radius 3 is 2.24 bits per heavy atom. The molecule has 0 saturated heterocycles. The van der Waals surface area contributed by atoms with Gasteiger partial charge in [0.1, 0.15) is 12.0 Å². The fraction of sp³-hybridized carbons (Fsp3) is 0.462. The number of carbonyl (C=O) groups excluding carboxylic acids is 1. The Labute approximate surface area is 100 Å². The fourth-order valence-electron chi connectivity index (χ4n) is 1.55. The van der Waals surface area contributed by atoms with E-state index in [4.69, 9.17) is 14.2 Å². The van der Waals surface area contributed by atoms with E-state index in [0.29, 0.717) is 11.5 Å². The number of benzene rings is 1. The van der Waals surface area contributed by atoms with Crippen LogP contribution in [0.1, 0.15) is 27.2 Å². The predicted octanol–water partition coefficient (Wildman–Crippen LogP) is 2.52. The highest BCUT2D eigenvalue weighted by atomic mass is 16.7. The maximum absolute atomic E-state index is 11.6. The average Bonchev–Trinajstić information content (AvgIpc) is 2.55. The number of fused-ring (bicyclic) bond motifs is 1. The summed E-state index contributed by atoms with van der Waals surface area (Å²) in [7, 11) is 0. The summed E-state index contributed by atoms with van der Waals surface area (Å²) < 4.78 is 16.1. The zero-order chi connectivity index (χ0) is 12.5. The minimum absolute atomic E-state index is 0.0892. The van der Waals surface area contributed by atoms with Crippen LogP contribution in [0.4, 0.5) is 0 Å². The van der Waals surface area contributed by atoms with Crippen LogP contribution in [-0.4, -0.2) is 17.9 Å². The quantitative estimate of drug-likeness (QED) is 0.740. The van der Waals surface area contributed by atoms with E-state index in [1.54, 1.807) is 0 Å². The summed E-state index contributed by atoms with van der Waals surface area (Å²) in [5.41, 5.74) is -0.484. The second kappa shape index (κ2) is 4.28. The maximum atomic E-state index is 11.6. The zero-order valence-electron chi connectivity index (χ0n) is 10.2. The lowest BCUT2D eigenvalue weighted by Gasteiger charge is -2.20. The van der Waals surface area contributed by atoms with E-state index in [-0.39, 0.29) is 12.4 Å². The molecule has 0 N–H and O–H groups in total. The highest BCUT2D eigenvalue weighted by Crippen LogP contribution is 2.34. The van der Waals surface area contributed by atoms with Crippen molar-refractivity contribution in [3.8, 4) is 11.5 Å². The molecular weight excluding hydrogens is 220 g/mol. The standard InChI is InChI=1S/C13H16O4/c1-13(2,3)17-11(14)8-12-15-9-6-4-5-7-10(9)16-12/h4-7,12H,8H2,1-3H3. The molecule has 0 amide bonds. The first-order valence-corrected chi connectivity index (χ1v) is 5.58. The minimum atomic E-state index is -0.581. The topological polar surface area (TPSA) is 44.8 Å². The molecule has 1 aromatic carbocycles. The van der Waals surface area contributed by atoms with E-state index in [9.17, 15) is 4.79 Å². The van der Waals surface area contributed by atoms with Crippen molar-refractivity contribution in [2.75, 3.05) is 0 Å². The van der Waals surface area contributed by atoms with Gasteiger partial charge in [0.05, 0.1) is 0 Å². The van der Waals surface area contributed by atoms with Gasteiger partial charge in [-0.3, -0.25) is 4.79 Å². The number of hydrogen-bond donors (Lipinski definition) is 0. The number of hydrogen-bond acceptors (Lipinski definition) is 4. The molecule has 1 aliphatic rings. The molecule has 0 atom stereocenters. The third-order valence-corrected chi connectivity index (χ3v) is 2.12. The van der Waals surface area contributed by atoms with E-state index in [1.165, 1.54) is 0 Å². The Kier molecular flexibility index (Phi) is 2.96. The van der Waals surface area contributed by atoms with Crippen molar-refractivity contribution in [3.05, 3.63) is 24.3 Å². The summed E-state index contributed by atoms with van der Waals surface area (Å²) in [5, 5.41) is 0. The lowest BCUT2D eigenvalue weighted by molar-refractivity contribution is -0.159. The molecule has 1 heterocycles. The SMILES string of the molecule is CC(C)(C)OC(=O)CC1Oc2ccccc2O1. The Bertz CT molecular complexity index is 395. The molecule has 1 aliphatic heterocycles. The summed E-state index contributed by atoms with van der Waals surface area (Å²) in [5.74, 6) is 1.01. The highest BCUT2D eigenvalue weighted by Gasteiger charge is 2.28. The van der Waals surface area contributed by atoms with Crippen LogP contribution in [0.25, 0.3) is 0 Å². The number of carbonyl (C=O) groups is 1. The van der Waals surface area contributed by atoms with Crippen LogP contribution in [0.15, 0.2) is 24.3 Å². The average molecular weight is 236 g/mol. The summed E-state index contributed by atoms with van der Waals surface area (Å²) in [6.45, 7) is 5.49. The molecule has 0 aromatic heterocycles. The van der Waals surface area contributed by atoms with Gasteiger partial charge in [-0.05, 0) is 32.9 Å². The van der Waals surface area contributed by atoms with Gasteiger partial charge < -0.3 is 14.2 Å². The lowest BCUT2D eigenvalue weighted by Crippen LogP contribution is -2.29. The van der Waals surface area contributed by atoms with Gasteiger partial charge in [-0.25, -0.2) is 0 Å². The van der Waals surface area contributed by atoms with Crippen LogP contribution >= 0.6 is 0 Å². The summed E-state index contributed by atoms with van der Waals surface area (Å²) >= 11 is 0. The van der Waals surface area contributed by atoms with Gasteiger partial charge in [-0.2, -0.15) is 0 Å². The monoisotopic (exact) mass is 236 g/mol. The van der Waals surface area contributed by atoms with Crippen LogP contribution in [0.3, 0.4) is 0 Å². The van der Waals surface area contributed by atoms with Crippen molar-refractivity contribution in [1.29, 1.82) is 0 Å². The van der Waals surface area contributed by atoms with Crippen LogP contribution in [0, 0.1) is 0 Å². The second-order valence-corrected chi connectivity index (χ2v) is 4.90.